The van der Waals surface area contributed by atoms with E-state index in [1.165, 1.54) is 30.9 Å². The van der Waals surface area contributed by atoms with Gasteiger partial charge in [-0.15, -0.1) is 0 Å². The van der Waals surface area contributed by atoms with Gasteiger partial charge >= 0.3 is 0 Å². The van der Waals surface area contributed by atoms with E-state index >= 15 is 0 Å². The van der Waals surface area contributed by atoms with Crippen LogP contribution in [0.15, 0.2) is 6.07 Å². The summed E-state index contributed by atoms with van der Waals surface area (Å²) < 4.78 is 3.26. The van der Waals surface area contributed by atoms with Crippen molar-refractivity contribution < 1.29 is 57.0 Å². The lowest BCUT2D eigenvalue weighted by Gasteiger charge is -2.23. The topological polar surface area (TPSA) is 16.8 Å². The van der Waals surface area contributed by atoms with E-state index in [9.17, 15) is 0 Å². The van der Waals surface area contributed by atoms with E-state index in [-0.39, 0.29) is 48.0 Å². The van der Waals surface area contributed by atoms with Crippen LogP contribution in [-0.4, -0.2) is 37.2 Å². The molecular formula is C14H31I2N3+4. The third kappa shape index (κ3) is 8.39. The molecule has 0 amide bonds. The van der Waals surface area contributed by atoms with Crippen LogP contribution in [0.5, 0.6) is 0 Å². The minimum atomic E-state index is 0. The van der Waals surface area contributed by atoms with Crippen LogP contribution >= 0.6 is 0 Å². The molecular weight excluding hydrogens is 464 g/mol. The van der Waals surface area contributed by atoms with E-state index in [4.69, 9.17) is 0 Å². The van der Waals surface area contributed by atoms with Crippen LogP contribution in [0.4, 0.5) is 0 Å². The molecule has 19 heavy (non-hydrogen) atoms. The first kappa shape index (κ1) is 21.8. The van der Waals surface area contributed by atoms with Crippen LogP contribution in [0.2, 0.25) is 0 Å². The van der Waals surface area contributed by atoms with Crippen molar-refractivity contribution >= 4 is 0 Å². The van der Waals surface area contributed by atoms with Gasteiger partial charge in [-0.3, -0.25) is 0 Å². The second kappa shape index (κ2) is 9.44. The van der Waals surface area contributed by atoms with Crippen molar-refractivity contribution in [3.63, 3.8) is 0 Å². The smallest absolute Gasteiger partial charge is 0.298 e. The number of aryl methyl sites for hydroxylation is 3. The molecule has 0 aliphatic rings. The van der Waals surface area contributed by atoms with Crippen molar-refractivity contribution in [3.8, 4) is 0 Å². The van der Waals surface area contributed by atoms with Crippen molar-refractivity contribution in [1.82, 2.24) is 4.98 Å². The fourth-order valence-electron chi connectivity index (χ4n) is 2.01. The standard InChI is InChI=1S/C14H27N3.2H2I/c1-12-11-13(2)16(3)14(15-12)9-7-8-10-17(4,5)6;;/h11H,7-10H2,1-6H3;2*1H2/q+2;2*+1. The molecule has 0 bridgehead atoms. The van der Waals surface area contributed by atoms with Crippen molar-refractivity contribution in [2.45, 2.75) is 33.1 Å². The average Bonchev–Trinajstić information content (AvgIpc) is 2.18. The lowest BCUT2D eigenvalue weighted by Crippen LogP contribution is -3.00. The summed E-state index contributed by atoms with van der Waals surface area (Å²) in [6, 6.07) is 2.13. The van der Waals surface area contributed by atoms with Gasteiger partial charge in [-0.05, 0) is 19.8 Å². The molecule has 0 fully saturated rings. The quantitative estimate of drug-likeness (QED) is 0.173. The molecule has 112 valence electrons. The van der Waals surface area contributed by atoms with E-state index in [0.29, 0.717) is 0 Å². The summed E-state index contributed by atoms with van der Waals surface area (Å²) in [6.45, 7) is 5.45. The van der Waals surface area contributed by atoms with Crippen LogP contribution in [0.25, 0.3) is 0 Å². The molecule has 0 unspecified atom stereocenters. The molecule has 1 rings (SSSR count). The zero-order valence-corrected chi connectivity index (χ0v) is 18.2. The predicted molar refractivity (Wildman–Crippen MR) is 76.3 cm³/mol. The Morgan fingerprint density at radius 3 is 2.21 bits per heavy atom. The third-order valence-electron chi connectivity index (χ3n) is 3.12. The number of rotatable bonds is 5. The minimum absolute atomic E-state index is 0. The molecule has 1 heterocycles. The van der Waals surface area contributed by atoms with Crippen molar-refractivity contribution in [2.75, 3.05) is 27.7 Å². The summed E-state index contributed by atoms with van der Waals surface area (Å²) in [5.41, 5.74) is 2.42. The Kier molecular flexibility index (Phi) is 10.8. The van der Waals surface area contributed by atoms with Crippen LogP contribution < -0.4 is 52.5 Å². The van der Waals surface area contributed by atoms with Gasteiger partial charge in [0.05, 0.1) is 41.2 Å². The molecule has 3 nitrogen and oxygen atoms in total. The monoisotopic (exact) mass is 495 g/mol. The second-order valence-corrected chi connectivity index (χ2v) is 5.99. The largest absolute Gasteiger partial charge is 0.331 e. The molecule has 1 aromatic heterocycles. The lowest BCUT2D eigenvalue weighted by molar-refractivity contribution is -0.870. The van der Waals surface area contributed by atoms with E-state index in [0.717, 1.165) is 16.6 Å². The highest BCUT2D eigenvalue weighted by atomic mass is 127. The fourth-order valence-corrected chi connectivity index (χ4v) is 2.01. The maximum Gasteiger partial charge on any atom is 0.298 e. The van der Waals surface area contributed by atoms with Gasteiger partial charge in [-0.1, -0.05) is 4.98 Å². The van der Waals surface area contributed by atoms with Gasteiger partial charge < -0.3 is 4.48 Å². The van der Waals surface area contributed by atoms with Crippen molar-refractivity contribution in [3.05, 3.63) is 23.3 Å². The highest BCUT2D eigenvalue weighted by Gasteiger charge is 2.14. The molecule has 0 aromatic carbocycles. The van der Waals surface area contributed by atoms with Gasteiger partial charge in [-0.2, -0.15) is 0 Å². The molecule has 0 aliphatic carbocycles. The summed E-state index contributed by atoms with van der Waals surface area (Å²) in [6.07, 6.45) is 3.57. The van der Waals surface area contributed by atoms with E-state index in [2.05, 4.69) is 57.7 Å². The maximum atomic E-state index is 4.63. The Hall–Kier alpha value is 0.500. The highest BCUT2D eigenvalue weighted by molar-refractivity contribution is 5.02. The highest BCUT2D eigenvalue weighted by Crippen LogP contribution is 2.03. The Bertz CT molecular complexity index is 387. The summed E-state index contributed by atoms with van der Waals surface area (Å²) >= 11 is 0. The Balaban J connectivity index is 0. The number of nitrogens with zero attached hydrogens (tertiary/aromatic N) is 3. The van der Waals surface area contributed by atoms with Crippen LogP contribution in [0.1, 0.15) is 30.1 Å². The zero-order valence-electron chi connectivity index (χ0n) is 13.1. The predicted octanol–water partition coefficient (Wildman–Crippen LogP) is -5.51. The molecule has 0 atom stereocenters. The molecule has 0 saturated carbocycles. The summed E-state index contributed by atoms with van der Waals surface area (Å²) in [5.74, 6) is 1.21. The number of aromatic nitrogens is 2. The Morgan fingerprint density at radius 2 is 1.68 bits per heavy atom. The third-order valence-corrected chi connectivity index (χ3v) is 3.12. The van der Waals surface area contributed by atoms with Gasteiger partial charge in [0.2, 0.25) is 48.0 Å². The first-order chi connectivity index (χ1) is 7.79. The average molecular weight is 495 g/mol. The van der Waals surface area contributed by atoms with E-state index in [1.54, 1.807) is 0 Å². The molecule has 5 heteroatoms. The maximum absolute atomic E-state index is 4.63. The summed E-state index contributed by atoms with van der Waals surface area (Å²) in [4.78, 5) is 4.63. The number of quaternary nitrogens is 1. The minimum Gasteiger partial charge on any atom is -0.331 e. The van der Waals surface area contributed by atoms with E-state index in [1.807, 2.05) is 0 Å². The summed E-state index contributed by atoms with van der Waals surface area (Å²) in [5, 5.41) is 0. The van der Waals surface area contributed by atoms with Gasteiger partial charge in [0.15, 0.2) is 5.69 Å². The number of hydrogen-bond acceptors (Lipinski definition) is 1. The van der Waals surface area contributed by atoms with Crippen LogP contribution in [-0.2, 0) is 13.5 Å². The molecule has 0 spiro atoms. The SMILES string of the molecule is Cc1cc(C)[n+](C)c(CCCC[N+](C)(C)C)n1.[IH2+].[IH2+]. The molecule has 0 aliphatic heterocycles. The summed E-state index contributed by atoms with van der Waals surface area (Å²) in [7, 11) is 8.84. The van der Waals surface area contributed by atoms with Crippen molar-refractivity contribution in [2.24, 2.45) is 7.05 Å². The first-order valence-electron chi connectivity index (χ1n) is 6.43. The molecule has 0 radical (unpaired) electrons. The Labute approximate surface area is 152 Å². The van der Waals surface area contributed by atoms with Crippen LogP contribution in [0, 0.1) is 13.8 Å². The van der Waals surface area contributed by atoms with Gasteiger partial charge in [0.25, 0.3) is 5.82 Å². The fraction of sp³-hybridized carbons (Fsp3) is 0.714. The molecule has 1 aromatic rings. The molecule has 0 N–H and O–H groups in total. The number of hydrogen-bond donors (Lipinski definition) is 0. The Morgan fingerprint density at radius 1 is 1.11 bits per heavy atom. The van der Waals surface area contributed by atoms with Gasteiger partial charge in [-0.25, -0.2) is 4.57 Å². The zero-order chi connectivity index (χ0) is 13.1. The first-order valence-corrected chi connectivity index (χ1v) is 6.43. The van der Waals surface area contributed by atoms with Gasteiger partial charge in [0.1, 0.15) is 5.69 Å². The van der Waals surface area contributed by atoms with Crippen LogP contribution in [0.3, 0.4) is 0 Å². The van der Waals surface area contributed by atoms with Crippen molar-refractivity contribution in [1.29, 1.82) is 0 Å². The normalized spacial score (nSPS) is 10.6. The molecule has 0 saturated heterocycles. The van der Waals surface area contributed by atoms with E-state index < -0.39 is 0 Å². The number of halogens is 2. The lowest BCUT2D eigenvalue weighted by atomic mass is 10.2. The number of unbranched alkanes of at least 4 members (excludes halogenated alkanes) is 1. The van der Waals surface area contributed by atoms with Gasteiger partial charge in [0, 0.05) is 13.0 Å². The second-order valence-electron chi connectivity index (χ2n) is 5.99.